The molecule has 130 valence electrons. The highest BCUT2D eigenvalue weighted by Crippen LogP contribution is 2.60. The van der Waals surface area contributed by atoms with Gasteiger partial charge >= 0.3 is 11.9 Å². The molecule has 0 radical (unpaired) electrons. The Morgan fingerprint density at radius 3 is 1.91 bits per heavy atom. The summed E-state index contributed by atoms with van der Waals surface area (Å²) in [6, 6.07) is 0. The van der Waals surface area contributed by atoms with E-state index < -0.39 is 21.8 Å². The van der Waals surface area contributed by atoms with Gasteiger partial charge in [0.2, 0.25) is 0 Å². The molecule has 7 nitrogen and oxygen atoms in total. The highest BCUT2D eigenvalue weighted by molar-refractivity contribution is 7.86. The third-order valence-electron chi connectivity index (χ3n) is 5.35. The second-order valence-corrected chi connectivity index (χ2v) is 8.73. The fourth-order valence-corrected chi connectivity index (χ4v) is 5.38. The van der Waals surface area contributed by atoms with Crippen LogP contribution in [0.25, 0.3) is 0 Å². The number of carbonyl (C=O) groups excluding carboxylic acids is 2. The molecular formula is C15H22O7S. The maximum atomic E-state index is 12.5. The zero-order valence-electron chi connectivity index (χ0n) is 12.9. The van der Waals surface area contributed by atoms with Gasteiger partial charge in [0.1, 0.15) is 13.2 Å². The number of hydrogen-bond acceptors (Lipinski definition) is 6. The van der Waals surface area contributed by atoms with E-state index in [0.717, 1.165) is 19.3 Å². The number of carbonyl (C=O) groups is 2. The fourth-order valence-electron chi connectivity index (χ4n) is 4.99. The lowest BCUT2D eigenvalue weighted by Crippen LogP contribution is -2.50. The van der Waals surface area contributed by atoms with Crippen molar-refractivity contribution in [3.8, 4) is 0 Å². The Labute approximate surface area is 135 Å². The SMILES string of the molecule is O=C(CS(=O)(=O)O)OCCOC(=O)C12CC3CC(CC(C3)C1)C2. The minimum Gasteiger partial charge on any atom is -0.462 e. The van der Waals surface area contributed by atoms with Crippen LogP contribution in [-0.2, 0) is 29.2 Å². The van der Waals surface area contributed by atoms with Gasteiger partial charge in [0.15, 0.2) is 5.75 Å². The van der Waals surface area contributed by atoms with Gasteiger partial charge in [-0.2, -0.15) is 8.42 Å². The summed E-state index contributed by atoms with van der Waals surface area (Å²) in [5, 5.41) is 0. The van der Waals surface area contributed by atoms with Gasteiger partial charge in [-0.15, -0.1) is 0 Å². The quantitative estimate of drug-likeness (QED) is 0.437. The van der Waals surface area contributed by atoms with E-state index >= 15 is 0 Å². The molecule has 0 heterocycles. The Hall–Kier alpha value is -1.15. The molecular weight excluding hydrogens is 324 g/mol. The average Bonchev–Trinajstić information content (AvgIpc) is 2.39. The summed E-state index contributed by atoms with van der Waals surface area (Å²) >= 11 is 0. The Morgan fingerprint density at radius 1 is 0.957 bits per heavy atom. The van der Waals surface area contributed by atoms with Crippen molar-refractivity contribution in [2.45, 2.75) is 38.5 Å². The van der Waals surface area contributed by atoms with E-state index in [1.54, 1.807) is 0 Å². The maximum absolute atomic E-state index is 12.5. The predicted octanol–water partition coefficient (Wildman–Crippen LogP) is 1.18. The molecule has 23 heavy (non-hydrogen) atoms. The van der Waals surface area contributed by atoms with Crippen molar-refractivity contribution in [1.82, 2.24) is 0 Å². The molecule has 0 aliphatic heterocycles. The summed E-state index contributed by atoms with van der Waals surface area (Å²) in [6.45, 7) is -0.287. The van der Waals surface area contributed by atoms with Gasteiger partial charge in [0.25, 0.3) is 10.1 Å². The molecule has 0 aromatic rings. The summed E-state index contributed by atoms with van der Waals surface area (Å²) in [6.07, 6.45) is 6.42. The molecule has 0 amide bonds. The zero-order chi connectivity index (χ0) is 16.7. The van der Waals surface area contributed by atoms with Crippen molar-refractivity contribution in [3.05, 3.63) is 0 Å². The Morgan fingerprint density at radius 2 is 1.43 bits per heavy atom. The highest BCUT2D eigenvalue weighted by atomic mass is 32.2. The standard InChI is InChI=1S/C15H22O7S/c16-13(9-23(18,19)20)21-1-2-22-14(17)15-6-10-3-11(7-15)5-12(4-10)8-15/h10-12H,1-9H2,(H,18,19,20). The molecule has 4 aliphatic carbocycles. The molecule has 4 rings (SSSR count). The molecule has 0 atom stereocenters. The zero-order valence-corrected chi connectivity index (χ0v) is 13.7. The van der Waals surface area contributed by atoms with E-state index in [4.69, 9.17) is 9.29 Å². The molecule has 0 aromatic heterocycles. The predicted molar refractivity (Wildman–Crippen MR) is 78.9 cm³/mol. The van der Waals surface area contributed by atoms with Crippen LogP contribution in [0.15, 0.2) is 0 Å². The maximum Gasteiger partial charge on any atom is 0.323 e. The monoisotopic (exact) mass is 346 g/mol. The molecule has 4 aliphatic rings. The Kier molecular flexibility index (Phi) is 4.39. The second-order valence-electron chi connectivity index (χ2n) is 7.28. The molecule has 1 N–H and O–H groups in total. The number of hydrogen-bond donors (Lipinski definition) is 1. The Balaban J connectivity index is 1.44. The topological polar surface area (TPSA) is 107 Å². The van der Waals surface area contributed by atoms with Crippen LogP contribution in [0.2, 0.25) is 0 Å². The number of ether oxygens (including phenoxy) is 2. The normalized spacial score (nSPS) is 35.1. The summed E-state index contributed by atoms with van der Waals surface area (Å²) in [5.74, 6) is -0.430. The minimum atomic E-state index is -4.39. The lowest BCUT2D eigenvalue weighted by molar-refractivity contribution is -0.174. The molecule has 8 heteroatoms. The highest BCUT2D eigenvalue weighted by Gasteiger charge is 2.55. The Bertz CT molecular complexity index is 560. The van der Waals surface area contributed by atoms with E-state index in [2.05, 4.69) is 4.74 Å². The van der Waals surface area contributed by atoms with Gasteiger partial charge in [-0.3, -0.25) is 14.1 Å². The third-order valence-corrected chi connectivity index (χ3v) is 5.95. The largest absolute Gasteiger partial charge is 0.462 e. The molecule has 4 saturated carbocycles. The van der Waals surface area contributed by atoms with Gasteiger partial charge in [-0.1, -0.05) is 0 Å². The first-order valence-electron chi connectivity index (χ1n) is 8.04. The van der Waals surface area contributed by atoms with Crippen LogP contribution in [0, 0.1) is 23.2 Å². The first kappa shape index (κ1) is 16.7. The first-order chi connectivity index (χ1) is 10.8. The van der Waals surface area contributed by atoms with Crippen molar-refractivity contribution >= 4 is 22.1 Å². The van der Waals surface area contributed by atoms with Crippen LogP contribution in [-0.4, -0.2) is 43.9 Å². The summed E-state index contributed by atoms with van der Waals surface area (Å²) < 4.78 is 39.4. The first-order valence-corrected chi connectivity index (χ1v) is 9.65. The van der Waals surface area contributed by atoms with Gasteiger partial charge in [0.05, 0.1) is 5.41 Å². The molecule has 0 saturated heterocycles. The molecule has 0 spiro atoms. The molecule has 0 unspecified atom stereocenters. The van der Waals surface area contributed by atoms with Crippen molar-refractivity contribution < 1.29 is 32.0 Å². The van der Waals surface area contributed by atoms with Crippen LogP contribution < -0.4 is 0 Å². The van der Waals surface area contributed by atoms with Crippen molar-refractivity contribution in [2.24, 2.45) is 23.2 Å². The summed E-state index contributed by atoms with van der Waals surface area (Å²) in [7, 11) is -4.39. The van der Waals surface area contributed by atoms with Gasteiger partial charge in [-0.05, 0) is 56.3 Å². The van der Waals surface area contributed by atoms with Gasteiger partial charge in [0, 0.05) is 0 Å². The van der Waals surface area contributed by atoms with Crippen LogP contribution in [0.4, 0.5) is 0 Å². The minimum absolute atomic E-state index is 0.0855. The van der Waals surface area contributed by atoms with E-state index in [9.17, 15) is 18.0 Å². The average molecular weight is 346 g/mol. The van der Waals surface area contributed by atoms with Crippen molar-refractivity contribution in [3.63, 3.8) is 0 Å². The fraction of sp³-hybridized carbons (Fsp3) is 0.867. The second kappa shape index (κ2) is 6.05. The van der Waals surface area contributed by atoms with Crippen molar-refractivity contribution in [2.75, 3.05) is 19.0 Å². The third kappa shape index (κ3) is 3.85. The molecule has 4 fully saturated rings. The van der Waals surface area contributed by atoms with Crippen LogP contribution in [0.3, 0.4) is 0 Å². The lowest BCUT2D eigenvalue weighted by Gasteiger charge is -2.55. The molecule has 4 bridgehead atoms. The van der Waals surface area contributed by atoms with E-state index in [-0.39, 0.29) is 24.6 Å². The smallest absolute Gasteiger partial charge is 0.323 e. The van der Waals surface area contributed by atoms with E-state index in [0.29, 0.717) is 17.8 Å². The molecule has 0 aromatic carbocycles. The van der Waals surface area contributed by atoms with Crippen molar-refractivity contribution in [1.29, 1.82) is 0 Å². The summed E-state index contributed by atoms with van der Waals surface area (Å²) in [5.41, 5.74) is -0.354. The van der Waals surface area contributed by atoms with Gasteiger partial charge < -0.3 is 9.47 Å². The van der Waals surface area contributed by atoms with E-state index in [1.165, 1.54) is 19.3 Å². The van der Waals surface area contributed by atoms with Gasteiger partial charge in [-0.25, -0.2) is 0 Å². The van der Waals surface area contributed by atoms with Crippen LogP contribution in [0.1, 0.15) is 38.5 Å². The lowest BCUT2D eigenvalue weighted by atomic mass is 9.49. The van der Waals surface area contributed by atoms with Crippen LogP contribution in [0.5, 0.6) is 0 Å². The number of esters is 2. The van der Waals surface area contributed by atoms with Crippen LogP contribution >= 0.6 is 0 Å². The number of rotatable bonds is 6. The summed E-state index contributed by atoms with van der Waals surface area (Å²) in [4.78, 5) is 23.6. The van der Waals surface area contributed by atoms with E-state index in [1.807, 2.05) is 0 Å².